The van der Waals surface area contributed by atoms with E-state index in [1.807, 2.05) is 30.3 Å². The largest absolute Gasteiger partial charge is 0.392 e. The van der Waals surface area contributed by atoms with Crippen molar-refractivity contribution in [3.05, 3.63) is 36.5 Å². The predicted octanol–water partition coefficient (Wildman–Crippen LogP) is 2.24. The summed E-state index contributed by atoms with van der Waals surface area (Å²) in [6.07, 6.45) is 3.11. The fourth-order valence-corrected chi connectivity index (χ4v) is 2.40. The molecule has 0 atom stereocenters. The minimum Gasteiger partial charge on any atom is -0.392 e. The average Bonchev–Trinajstić information content (AvgIpc) is 3.20. The maximum absolute atomic E-state index is 12.2. The van der Waals surface area contributed by atoms with Gasteiger partial charge in [0.05, 0.1) is 27.8 Å². The number of hydrogen-bond donors (Lipinski definition) is 2. The number of nitrogens with two attached hydrogens (primary N) is 1. The summed E-state index contributed by atoms with van der Waals surface area (Å²) in [5.74, 6) is -0.128. The average molecular weight is 271 g/mol. The van der Waals surface area contributed by atoms with Gasteiger partial charge < -0.3 is 11.1 Å². The summed E-state index contributed by atoms with van der Waals surface area (Å²) in [6.45, 7) is 0. The van der Waals surface area contributed by atoms with Gasteiger partial charge in [-0.15, -0.1) is 0 Å². The minimum absolute atomic E-state index is 0.128. The maximum atomic E-state index is 12.2. The Labute approximate surface area is 116 Å². The van der Waals surface area contributed by atoms with Crippen LogP contribution in [0.25, 0.3) is 10.9 Å². The van der Waals surface area contributed by atoms with E-state index in [2.05, 4.69) is 10.3 Å². The first-order valence-electron chi connectivity index (χ1n) is 6.08. The zero-order valence-electron chi connectivity index (χ0n) is 10.2. The highest BCUT2D eigenvalue weighted by molar-refractivity contribution is 7.80. The number of anilines is 1. The molecule has 4 nitrogen and oxygen atoms in total. The van der Waals surface area contributed by atoms with Crippen LogP contribution in [0.2, 0.25) is 0 Å². The molecule has 1 aromatic heterocycles. The molecule has 0 radical (unpaired) electrons. The van der Waals surface area contributed by atoms with Crippen molar-refractivity contribution >= 4 is 39.7 Å². The van der Waals surface area contributed by atoms with E-state index >= 15 is 0 Å². The Hall–Kier alpha value is -2.01. The molecule has 3 rings (SSSR count). The Balaban J connectivity index is 1.86. The second-order valence-corrected chi connectivity index (χ2v) is 5.26. The summed E-state index contributed by atoms with van der Waals surface area (Å²) in [5, 5.41) is 3.84. The minimum atomic E-state index is -0.638. The molecular weight excluding hydrogens is 258 g/mol. The van der Waals surface area contributed by atoms with Crippen molar-refractivity contribution in [3.8, 4) is 0 Å². The van der Waals surface area contributed by atoms with Crippen molar-refractivity contribution in [2.24, 2.45) is 11.1 Å². The van der Waals surface area contributed by atoms with Crippen LogP contribution < -0.4 is 11.1 Å². The third-order valence-corrected chi connectivity index (χ3v) is 3.90. The predicted molar refractivity (Wildman–Crippen MR) is 78.8 cm³/mol. The van der Waals surface area contributed by atoms with Gasteiger partial charge in [0.15, 0.2) is 0 Å². The lowest BCUT2D eigenvalue weighted by atomic mass is 10.1. The summed E-state index contributed by atoms with van der Waals surface area (Å²) in [4.78, 5) is 16.7. The molecule has 0 aliphatic heterocycles. The van der Waals surface area contributed by atoms with Crippen LogP contribution in [0.1, 0.15) is 12.8 Å². The molecule has 2 aromatic rings. The number of benzene rings is 1. The molecule has 0 bridgehead atoms. The van der Waals surface area contributed by atoms with E-state index < -0.39 is 5.41 Å². The van der Waals surface area contributed by atoms with Crippen LogP contribution in [0.4, 0.5) is 5.69 Å². The Bertz CT molecular complexity index is 679. The second kappa shape index (κ2) is 4.28. The van der Waals surface area contributed by atoms with Gasteiger partial charge in [0.25, 0.3) is 0 Å². The molecule has 19 heavy (non-hydrogen) atoms. The molecule has 1 aliphatic rings. The van der Waals surface area contributed by atoms with Crippen molar-refractivity contribution in [2.75, 3.05) is 5.32 Å². The number of amides is 1. The van der Waals surface area contributed by atoms with Crippen molar-refractivity contribution in [2.45, 2.75) is 12.8 Å². The van der Waals surface area contributed by atoms with E-state index in [1.54, 1.807) is 6.20 Å². The van der Waals surface area contributed by atoms with Crippen molar-refractivity contribution in [1.82, 2.24) is 4.98 Å². The molecule has 1 aliphatic carbocycles. The molecule has 1 heterocycles. The number of nitrogens with zero attached hydrogens (tertiary/aromatic N) is 1. The van der Waals surface area contributed by atoms with Crippen molar-refractivity contribution in [1.29, 1.82) is 0 Å². The summed E-state index contributed by atoms with van der Waals surface area (Å²) in [7, 11) is 0. The van der Waals surface area contributed by atoms with Gasteiger partial charge in [-0.05, 0) is 25.0 Å². The number of carbonyl (C=O) groups excluding carboxylic acids is 1. The quantitative estimate of drug-likeness (QED) is 0.840. The Morgan fingerprint density at radius 3 is 2.79 bits per heavy atom. The molecule has 0 unspecified atom stereocenters. The number of carbonyl (C=O) groups is 1. The van der Waals surface area contributed by atoms with E-state index in [1.165, 1.54) is 0 Å². The number of rotatable bonds is 3. The highest BCUT2D eigenvalue weighted by atomic mass is 32.1. The number of aromatic nitrogens is 1. The smallest absolute Gasteiger partial charge is 0.237 e. The van der Waals surface area contributed by atoms with E-state index in [4.69, 9.17) is 18.0 Å². The normalized spacial score (nSPS) is 16.0. The van der Waals surface area contributed by atoms with Crippen LogP contribution in [0.15, 0.2) is 36.5 Å². The van der Waals surface area contributed by atoms with Crippen LogP contribution in [-0.2, 0) is 4.79 Å². The lowest BCUT2D eigenvalue weighted by molar-refractivity contribution is -0.118. The molecular formula is C14H13N3OS. The number of fused-ring (bicyclic) bond motifs is 1. The van der Waals surface area contributed by atoms with Gasteiger partial charge in [-0.1, -0.05) is 30.4 Å². The number of hydrogen-bond acceptors (Lipinski definition) is 3. The third kappa shape index (κ3) is 2.06. The molecule has 5 heteroatoms. The van der Waals surface area contributed by atoms with Crippen LogP contribution in [0, 0.1) is 5.41 Å². The van der Waals surface area contributed by atoms with Crippen LogP contribution in [0.3, 0.4) is 0 Å². The van der Waals surface area contributed by atoms with E-state index in [0.717, 1.165) is 23.7 Å². The zero-order chi connectivity index (χ0) is 13.5. The lowest BCUT2D eigenvalue weighted by Crippen LogP contribution is -2.35. The standard InChI is InChI=1S/C14H13N3OS/c15-12(19)14(5-6-14)13(18)17-10-7-9-3-1-2-4-11(9)16-8-10/h1-4,7-8H,5-6H2,(H2,15,19)(H,17,18). The van der Waals surface area contributed by atoms with Gasteiger partial charge in [0, 0.05) is 5.39 Å². The first-order chi connectivity index (χ1) is 9.12. The lowest BCUT2D eigenvalue weighted by Gasteiger charge is -2.13. The van der Waals surface area contributed by atoms with Crippen LogP contribution in [-0.4, -0.2) is 15.9 Å². The zero-order valence-corrected chi connectivity index (χ0v) is 11.0. The SMILES string of the molecule is NC(=S)C1(C(=O)Nc2cnc3ccccc3c2)CC1. The molecule has 1 saturated carbocycles. The maximum Gasteiger partial charge on any atom is 0.237 e. The van der Waals surface area contributed by atoms with E-state index in [-0.39, 0.29) is 10.9 Å². The summed E-state index contributed by atoms with van der Waals surface area (Å²) >= 11 is 4.96. The van der Waals surface area contributed by atoms with Gasteiger partial charge in [0.2, 0.25) is 5.91 Å². The Kier molecular flexibility index (Phi) is 2.71. The molecule has 1 amide bonds. The first-order valence-corrected chi connectivity index (χ1v) is 6.49. The molecule has 0 spiro atoms. The molecule has 0 saturated heterocycles. The van der Waals surface area contributed by atoms with Gasteiger partial charge in [-0.2, -0.15) is 0 Å². The molecule has 1 fully saturated rings. The number of pyridine rings is 1. The van der Waals surface area contributed by atoms with Gasteiger partial charge in [-0.3, -0.25) is 9.78 Å². The first kappa shape index (κ1) is 12.0. The Morgan fingerprint density at radius 1 is 1.37 bits per heavy atom. The molecule has 1 aromatic carbocycles. The topological polar surface area (TPSA) is 68.0 Å². The van der Waals surface area contributed by atoms with E-state index in [9.17, 15) is 4.79 Å². The van der Waals surface area contributed by atoms with Crippen molar-refractivity contribution in [3.63, 3.8) is 0 Å². The second-order valence-electron chi connectivity index (χ2n) is 4.82. The third-order valence-electron chi connectivity index (χ3n) is 3.50. The number of para-hydroxylation sites is 1. The fraction of sp³-hybridized carbons (Fsp3) is 0.214. The Morgan fingerprint density at radius 2 is 2.11 bits per heavy atom. The fourth-order valence-electron chi connectivity index (χ4n) is 2.10. The summed E-state index contributed by atoms with van der Waals surface area (Å²) in [6, 6.07) is 9.65. The van der Waals surface area contributed by atoms with Gasteiger partial charge >= 0.3 is 0 Å². The van der Waals surface area contributed by atoms with E-state index in [0.29, 0.717) is 5.69 Å². The van der Waals surface area contributed by atoms with Crippen LogP contribution in [0.5, 0.6) is 0 Å². The summed E-state index contributed by atoms with van der Waals surface area (Å²) < 4.78 is 0. The van der Waals surface area contributed by atoms with Crippen molar-refractivity contribution < 1.29 is 4.79 Å². The highest BCUT2D eigenvalue weighted by Crippen LogP contribution is 2.46. The highest BCUT2D eigenvalue weighted by Gasteiger charge is 2.52. The van der Waals surface area contributed by atoms with Gasteiger partial charge in [-0.25, -0.2) is 0 Å². The number of nitrogens with one attached hydrogen (secondary N) is 1. The molecule has 3 N–H and O–H groups in total. The molecule has 96 valence electrons. The monoisotopic (exact) mass is 271 g/mol. The van der Waals surface area contributed by atoms with Crippen LogP contribution >= 0.6 is 12.2 Å². The number of thiocarbonyl (C=S) groups is 1. The van der Waals surface area contributed by atoms with Gasteiger partial charge in [0.1, 0.15) is 0 Å². The summed E-state index contributed by atoms with van der Waals surface area (Å²) in [5.41, 5.74) is 6.57.